The van der Waals surface area contributed by atoms with Gasteiger partial charge in [-0.25, -0.2) is 0 Å². The SMILES string of the molecule is CCCCCC(C)NCC(C)(C)CO. The van der Waals surface area contributed by atoms with Crippen LogP contribution in [0.2, 0.25) is 0 Å². The Morgan fingerprint density at radius 1 is 1.29 bits per heavy atom. The second-order valence-corrected chi connectivity index (χ2v) is 5.10. The topological polar surface area (TPSA) is 32.3 Å². The summed E-state index contributed by atoms with van der Waals surface area (Å²) < 4.78 is 0. The van der Waals surface area contributed by atoms with Crippen LogP contribution >= 0.6 is 0 Å². The fourth-order valence-corrected chi connectivity index (χ4v) is 1.31. The minimum absolute atomic E-state index is 0.0129. The van der Waals surface area contributed by atoms with Crippen molar-refractivity contribution in [3.63, 3.8) is 0 Å². The van der Waals surface area contributed by atoms with Gasteiger partial charge < -0.3 is 10.4 Å². The highest BCUT2D eigenvalue weighted by molar-refractivity contribution is 4.72. The molecule has 0 aliphatic rings. The monoisotopic (exact) mass is 201 g/mol. The van der Waals surface area contributed by atoms with Gasteiger partial charge in [0.15, 0.2) is 0 Å². The number of nitrogens with one attached hydrogen (secondary N) is 1. The summed E-state index contributed by atoms with van der Waals surface area (Å²) in [6.45, 7) is 9.77. The average molecular weight is 201 g/mol. The fraction of sp³-hybridized carbons (Fsp3) is 1.00. The lowest BCUT2D eigenvalue weighted by atomic mass is 9.94. The summed E-state index contributed by atoms with van der Waals surface area (Å²) in [7, 11) is 0. The van der Waals surface area contributed by atoms with E-state index in [1.54, 1.807) is 0 Å². The number of aliphatic hydroxyl groups excluding tert-OH is 1. The third-order valence-corrected chi connectivity index (χ3v) is 2.60. The van der Waals surface area contributed by atoms with Crippen molar-refractivity contribution in [3.8, 4) is 0 Å². The van der Waals surface area contributed by atoms with E-state index in [0.29, 0.717) is 6.04 Å². The molecule has 0 amide bonds. The average Bonchev–Trinajstić information content (AvgIpc) is 2.16. The van der Waals surface area contributed by atoms with E-state index in [-0.39, 0.29) is 12.0 Å². The number of aliphatic hydroxyl groups is 1. The zero-order valence-electron chi connectivity index (χ0n) is 10.3. The Bertz CT molecular complexity index is 134. The van der Waals surface area contributed by atoms with Crippen LogP contribution in [0, 0.1) is 5.41 Å². The number of hydrogen-bond donors (Lipinski definition) is 2. The van der Waals surface area contributed by atoms with Crippen molar-refractivity contribution >= 4 is 0 Å². The van der Waals surface area contributed by atoms with Crippen molar-refractivity contribution in [3.05, 3.63) is 0 Å². The number of unbranched alkanes of at least 4 members (excludes halogenated alkanes) is 2. The summed E-state index contributed by atoms with van der Waals surface area (Å²) in [6, 6.07) is 0.576. The van der Waals surface area contributed by atoms with Gasteiger partial charge in [0.25, 0.3) is 0 Å². The molecule has 0 fully saturated rings. The predicted molar refractivity (Wildman–Crippen MR) is 62.5 cm³/mol. The maximum absolute atomic E-state index is 9.08. The highest BCUT2D eigenvalue weighted by Crippen LogP contribution is 2.12. The first-order valence-electron chi connectivity index (χ1n) is 5.86. The zero-order valence-corrected chi connectivity index (χ0v) is 10.3. The van der Waals surface area contributed by atoms with Crippen LogP contribution in [0.15, 0.2) is 0 Å². The molecule has 0 aromatic carbocycles. The van der Waals surface area contributed by atoms with E-state index in [9.17, 15) is 0 Å². The number of rotatable bonds is 8. The molecule has 0 bridgehead atoms. The molecule has 0 rings (SSSR count). The van der Waals surface area contributed by atoms with Gasteiger partial charge in [0.05, 0.1) is 0 Å². The second-order valence-electron chi connectivity index (χ2n) is 5.10. The summed E-state index contributed by atoms with van der Waals surface area (Å²) in [5, 5.41) is 12.6. The van der Waals surface area contributed by atoms with Crippen LogP contribution in [0.1, 0.15) is 53.4 Å². The third kappa shape index (κ3) is 7.34. The molecule has 0 spiro atoms. The molecule has 1 unspecified atom stereocenters. The molecule has 2 nitrogen and oxygen atoms in total. The summed E-state index contributed by atoms with van der Waals surface area (Å²) in [5.41, 5.74) is 0.0129. The third-order valence-electron chi connectivity index (χ3n) is 2.60. The highest BCUT2D eigenvalue weighted by atomic mass is 16.3. The van der Waals surface area contributed by atoms with Gasteiger partial charge in [-0.05, 0) is 13.3 Å². The maximum atomic E-state index is 9.08. The van der Waals surface area contributed by atoms with E-state index in [4.69, 9.17) is 5.11 Å². The van der Waals surface area contributed by atoms with E-state index in [2.05, 4.69) is 33.0 Å². The van der Waals surface area contributed by atoms with Gasteiger partial charge in [-0.15, -0.1) is 0 Å². The van der Waals surface area contributed by atoms with Crippen molar-refractivity contribution in [2.24, 2.45) is 5.41 Å². The Morgan fingerprint density at radius 2 is 1.93 bits per heavy atom. The molecule has 14 heavy (non-hydrogen) atoms. The van der Waals surface area contributed by atoms with E-state index >= 15 is 0 Å². The lowest BCUT2D eigenvalue weighted by molar-refractivity contribution is 0.153. The second kappa shape index (κ2) is 7.24. The smallest absolute Gasteiger partial charge is 0.0494 e. The highest BCUT2D eigenvalue weighted by Gasteiger charge is 2.16. The quantitative estimate of drug-likeness (QED) is 0.592. The van der Waals surface area contributed by atoms with Gasteiger partial charge in [0, 0.05) is 24.6 Å². The van der Waals surface area contributed by atoms with Gasteiger partial charge in [-0.1, -0.05) is 40.0 Å². The van der Waals surface area contributed by atoms with Gasteiger partial charge in [-0.3, -0.25) is 0 Å². The Balaban J connectivity index is 3.48. The Labute approximate surface area is 89.1 Å². The summed E-state index contributed by atoms with van der Waals surface area (Å²) in [4.78, 5) is 0. The van der Waals surface area contributed by atoms with Crippen molar-refractivity contribution < 1.29 is 5.11 Å². The molecule has 0 aliphatic carbocycles. The Morgan fingerprint density at radius 3 is 2.43 bits per heavy atom. The van der Waals surface area contributed by atoms with Gasteiger partial charge in [0.2, 0.25) is 0 Å². The molecule has 2 heteroatoms. The van der Waals surface area contributed by atoms with Crippen LogP contribution in [0.4, 0.5) is 0 Å². The molecule has 0 saturated carbocycles. The molecular formula is C12H27NO. The van der Waals surface area contributed by atoms with Crippen LogP contribution in [0.5, 0.6) is 0 Å². The van der Waals surface area contributed by atoms with Crippen LogP contribution < -0.4 is 5.32 Å². The van der Waals surface area contributed by atoms with Crippen LogP contribution in [0.3, 0.4) is 0 Å². The fourth-order valence-electron chi connectivity index (χ4n) is 1.31. The molecule has 0 saturated heterocycles. The lowest BCUT2D eigenvalue weighted by Crippen LogP contribution is -2.37. The zero-order chi connectivity index (χ0) is 11.0. The summed E-state index contributed by atoms with van der Waals surface area (Å²) in [5.74, 6) is 0. The Kier molecular flexibility index (Phi) is 7.20. The summed E-state index contributed by atoms with van der Waals surface area (Å²) in [6.07, 6.45) is 5.17. The minimum atomic E-state index is 0.0129. The van der Waals surface area contributed by atoms with Crippen molar-refractivity contribution in [2.45, 2.75) is 59.4 Å². The normalized spacial score (nSPS) is 14.4. The van der Waals surface area contributed by atoms with Gasteiger partial charge in [0.1, 0.15) is 0 Å². The van der Waals surface area contributed by atoms with Crippen molar-refractivity contribution in [2.75, 3.05) is 13.2 Å². The summed E-state index contributed by atoms with van der Waals surface area (Å²) >= 11 is 0. The molecule has 2 N–H and O–H groups in total. The lowest BCUT2D eigenvalue weighted by Gasteiger charge is -2.24. The molecule has 0 radical (unpaired) electrons. The standard InChI is InChI=1S/C12H27NO/c1-5-6-7-8-11(2)13-9-12(3,4)10-14/h11,13-14H,5-10H2,1-4H3. The maximum Gasteiger partial charge on any atom is 0.0494 e. The van der Waals surface area contributed by atoms with Gasteiger partial charge >= 0.3 is 0 Å². The molecule has 0 aliphatic heterocycles. The van der Waals surface area contributed by atoms with Gasteiger partial charge in [-0.2, -0.15) is 0 Å². The molecule has 86 valence electrons. The van der Waals surface area contributed by atoms with Crippen LogP contribution in [-0.2, 0) is 0 Å². The molecular weight excluding hydrogens is 174 g/mol. The van der Waals surface area contributed by atoms with E-state index in [1.165, 1.54) is 25.7 Å². The van der Waals surface area contributed by atoms with Crippen LogP contribution in [-0.4, -0.2) is 24.3 Å². The Hall–Kier alpha value is -0.0800. The van der Waals surface area contributed by atoms with E-state index < -0.39 is 0 Å². The minimum Gasteiger partial charge on any atom is -0.396 e. The molecule has 0 aromatic rings. The van der Waals surface area contributed by atoms with E-state index in [0.717, 1.165) is 6.54 Å². The number of hydrogen-bond acceptors (Lipinski definition) is 2. The molecule has 0 heterocycles. The van der Waals surface area contributed by atoms with Crippen molar-refractivity contribution in [1.29, 1.82) is 0 Å². The molecule has 0 aromatic heterocycles. The first-order chi connectivity index (χ1) is 6.52. The molecule has 1 atom stereocenters. The largest absolute Gasteiger partial charge is 0.396 e. The van der Waals surface area contributed by atoms with Crippen LogP contribution in [0.25, 0.3) is 0 Å². The van der Waals surface area contributed by atoms with Crippen molar-refractivity contribution in [1.82, 2.24) is 5.32 Å². The first kappa shape index (κ1) is 13.9. The first-order valence-corrected chi connectivity index (χ1v) is 5.86. The van der Waals surface area contributed by atoms with E-state index in [1.807, 2.05) is 0 Å². The predicted octanol–water partition coefficient (Wildman–Crippen LogP) is 2.56.